The lowest BCUT2D eigenvalue weighted by Crippen LogP contribution is -1.98. The lowest BCUT2D eigenvalue weighted by Gasteiger charge is -2.12. The van der Waals surface area contributed by atoms with Crippen LogP contribution in [0, 0.1) is 6.92 Å². The molecule has 0 fully saturated rings. The quantitative estimate of drug-likeness (QED) is 0.718. The molecule has 16 heavy (non-hydrogen) atoms. The summed E-state index contributed by atoms with van der Waals surface area (Å²) in [6, 6.07) is 5.78. The Kier molecular flexibility index (Phi) is 5.86. The van der Waals surface area contributed by atoms with Crippen molar-refractivity contribution in [2.24, 2.45) is 0 Å². The lowest BCUT2D eigenvalue weighted by molar-refractivity contribution is 0.163. The molecule has 0 aromatic heterocycles. The van der Waals surface area contributed by atoms with E-state index >= 15 is 0 Å². The molecule has 1 N–H and O–H groups in total. The lowest BCUT2D eigenvalue weighted by atomic mass is 10.0. The van der Waals surface area contributed by atoms with Gasteiger partial charge in [0.25, 0.3) is 0 Å². The SMILES string of the molecule is CCCCCCC(O)c1cc(C)cc(Cl)c1. The highest BCUT2D eigenvalue weighted by molar-refractivity contribution is 6.30. The molecule has 1 unspecified atom stereocenters. The number of halogens is 1. The first-order valence-electron chi connectivity index (χ1n) is 6.08. The summed E-state index contributed by atoms with van der Waals surface area (Å²) in [4.78, 5) is 0. The molecule has 1 nitrogen and oxygen atoms in total. The first kappa shape index (κ1) is 13.5. The van der Waals surface area contributed by atoms with Crippen molar-refractivity contribution in [1.29, 1.82) is 0 Å². The van der Waals surface area contributed by atoms with Gasteiger partial charge in [0.05, 0.1) is 6.10 Å². The fourth-order valence-corrected chi connectivity index (χ4v) is 2.19. The van der Waals surface area contributed by atoms with E-state index in [0.717, 1.165) is 24.0 Å². The molecule has 0 radical (unpaired) electrons. The van der Waals surface area contributed by atoms with Crippen LogP contribution in [-0.2, 0) is 0 Å². The van der Waals surface area contributed by atoms with Crippen LogP contribution in [0.4, 0.5) is 0 Å². The average Bonchev–Trinajstić information content (AvgIpc) is 2.22. The minimum atomic E-state index is -0.366. The van der Waals surface area contributed by atoms with Gasteiger partial charge in [0.2, 0.25) is 0 Å². The highest BCUT2D eigenvalue weighted by Crippen LogP contribution is 2.24. The van der Waals surface area contributed by atoms with Crippen LogP contribution in [0.15, 0.2) is 18.2 Å². The van der Waals surface area contributed by atoms with Gasteiger partial charge in [0.15, 0.2) is 0 Å². The van der Waals surface area contributed by atoms with Gasteiger partial charge in [-0.05, 0) is 36.6 Å². The molecule has 0 saturated heterocycles. The first-order valence-corrected chi connectivity index (χ1v) is 6.46. The maximum absolute atomic E-state index is 10.0. The van der Waals surface area contributed by atoms with E-state index < -0.39 is 0 Å². The Labute approximate surface area is 103 Å². The molecule has 1 aromatic rings. The second-order valence-corrected chi connectivity index (χ2v) is 4.86. The normalized spacial score (nSPS) is 12.8. The monoisotopic (exact) mass is 240 g/mol. The fraction of sp³-hybridized carbons (Fsp3) is 0.571. The van der Waals surface area contributed by atoms with Crippen molar-refractivity contribution in [3.8, 4) is 0 Å². The Morgan fingerprint density at radius 1 is 1.19 bits per heavy atom. The summed E-state index contributed by atoms with van der Waals surface area (Å²) in [5, 5.41) is 10.7. The third kappa shape index (κ3) is 4.54. The zero-order chi connectivity index (χ0) is 12.0. The smallest absolute Gasteiger partial charge is 0.0790 e. The Morgan fingerprint density at radius 2 is 1.94 bits per heavy atom. The molecule has 2 heteroatoms. The average molecular weight is 241 g/mol. The van der Waals surface area contributed by atoms with Gasteiger partial charge in [0.1, 0.15) is 0 Å². The van der Waals surface area contributed by atoms with Crippen LogP contribution in [0.25, 0.3) is 0 Å². The van der Waals surface area contributed by atoms with Gasteiger partial charge >= 0.3 is 0 Å². The van der Waals surface area contributed by atoms with E-state index in [2.05, 4.69) is 6.92 Å². The highest BCUT2D eigenvalue weighted by atomic mass is 35.5. The van der Waals surface area contributed by atoms with Gasteiger partial charge in [-0.3, -0.25) is 0 Å². The molecule has 0 aliphatic heterocycles. The van der Waals surface area contributed by atoms with Crippen LogP contribution >= 0.6 is 11.6 Å². The Balaban J connectivity index is 2.48. The van der Waals surface area contributed by atoms with Gasteiger partial charge in [-0.2, -0.15) is 0 Å². The third-order valence-electron chi connectivity index (χ3n) is 2.78. The summed E-state index contributed by atoms with van der Waals surface area (Å²) in [5.74, 6) is 0. The predicted octanol–water partition coefficient (Wildman–Crippen LogP) is 4.65. The Bertz CT molecular complexity index is 302. The van der Waals surface area contributed by atoms with Gasteiger partial charge in [0, 0.05) is 5.02 Å². The number of aliphatic hydroxyl groups is 1. The fourth-order valence-electron chi connectivity index (χ4n) is 1.89. The summed E-state index contributed by atoms with van der Waals surface area (Å²) in [7, 11) is 0. The van der Waals surface area contributed by atoms with E-state index in [4.69, 9.17) is 11.6 Å². The van der Waals surface area contributed by atoms with Crippen molar-refractivity contribution < 1.29 is 5.11 Å². The highest BCUT2D eigenvalue weighted by Gasteiger charge is 2.08. The molecule has 0 aliphatic rings. The van der Waals surface area contributed by atoms with E-state index in [9.17, 15) is 5.11 Å². The van der Waals surface area contributed by atoms with Crippen molar-refractivity contribution in [2.45, 2.75) is 52.1 Å². The van der Waals surface area contributed by atoms with E-state index in [1.807, 2.05) is 25.1 Å². The Morgan fingerprint density at radius 3 is 2.56 bits per heavy atom. The molecule has 0 aliphatic carbocycles. The second kappa shape index (κ2) is 6.93. The van der Waals surface area contributed by atoms with Crippen molar-refractivity contribution in [3.63, 3.8) is 0 Å². The Hall–Kier alpha value is -0.530. The molecular weight excluding hydrogens is 220 g/mol. The second-order valence-electron chi connectivity index (χ2n) is 4.43. The molecule has 90 valence electrons. The first-order chi connectivity index (χ1) is 7.63. The minimum Gasteiger partial charge on any atom is -0.388 e. The van der Waals surface area contributed by atoms with Gasteiger partial charge in [-0.15, -0.1) is 0 Å². The summed E-state index contributed by atoms with van der Waals surface area (Å²) < 4.78 is 0. The summed E-state index contributed by atoms with van der Waals surface area (Å²) in [6.07, 6.45) is 5.23. The van der Waals surface area contributed by atoms with Crippen molar-refractivity contribution in [2.75, 3.05) is 0 Å². The molecule has 1 aromatic carbocycles. The molecule has 0 saturated carbocycles. The maximum Gasteiger partial charge on any atom is 0.0790 e. The van der Waals surface area contributed by atoms with Crippen molar-refractivity contribution in [1.82, 2.24) is 0 Å². The zero-order valence-corrected chi connectivity index (χ0v) is 10.9. The maximum atomic E-state index is 10.0. The van der Waals surface area contributed by atoms with E-state index in [1.54, 1.807) is 0 Å². The standard InChI is InChI=1S/C14H21ClO/c1-3-4-5-6-7-14(16)12-8-11(2)9-13(15)10-12/h8-10,14,16H,3-7H2,1-2H3. The van der Waals surface area contributed by atoms with Crippen LogP contribution in [0.1, 0.15) is 56.3 Å². The van der Waals surface area contributed by atoms with Crippen LogP contribution in [0.2, 0.25) is 5.02 Å². The number of rotatable bonds is 6. The van der Waals surface area contributed by atoms with Gasteiger partial charge in [-0.25, -0.2) is 0 Å². The van der Waals surface area contributed by atoms with Crippen LogP contribution in [-0.4, -0.2) is 5.11 Å². The molecular formula is C14H21ClO. The largest absolute Gasteiger partial charge is 0.388 e. The topological polar surface area (TPSA) is 20.2 Å². The number of unbranched alkanes of at least 4 members (excludes halogenated alkanes) is 3. The predicted molar refractivity (Wildman–Crippen MR) is 69.9 cm³/mol. The van der Waals surface area contributed by atoms with Gasteiger partial charge < -0.3 is 5.11 Å². The van der Waals surface area contributed by atoms with Crippen LogP contribution < -0.4 is 0 Å². The minimum absolute atomic E-state index is 0.366. The summed E-state index contributed by atoms with van der Waals surface area (Å²) in [6.45, 7) is 4.19. The van der Waals surface area contributed by atoms with Crippen molar-refractivity contribution >= 4 is 11.6 Å². The molecule has 1 rings (SSSR count). The molecule has 0 bridgehead atoms. The summed E-state index contributed by atoms with van der Waals surface area (Å²) in [5.41, 5.74) is 2.05. The molecule has 0 heterocycles. The number of aliphatic hydroxyl groups excluding tert-OH is 1. The van der Waals surface area contributed by atoms with E-state index in [0.29, 0.717) is 5.02 Å². The zero-order valence-electron chi connectivity index (χ0n) is 10.2. The van der Waals surface area contributed by atoms with E-state index in [1.165, 1.54) is 19.3 Å². The number of aryl methyl sites for hydroxylation is 1. The van der Waals surface area contributed by atoms with Crippen LogP contribution in [0.3, 0.4) is 0 Å². The van der Waals surface area contributed by atoms with Crippen molar-refractivity contribution in [3.05, 3.63) is 34.3 Å². The number of benzene rings is 1. The third-order valence-corrected chi connectivity index (χ3v) is 3.00. The molecule has 0 spiro atoms. The van der Waals surface area contributed by atoms with Crippen LogP contribution in [0.5, 0.6) is 0 Å². The summed E-state index contributed by atoms with van der Waals surface area (Å²) >= 11 is 5.97. The van der Waals surface area contributed by atoms with Gasteiger partial charge in [-0.1, -0.05) is 50.3 Å². The number of hydrogen-bond acceptors (Lipinski definition) is 1. The molecule has 1 atom stereocenters. The van der Waals surface area contributed by atoms with E-state index in [-0.39, 0.29) is 6.10 Å². The number of hydrogen-bond donors (Lipinski definition) is 1. The molecule has 0 amide bonds.